The quantitative estimate of drug-likeness (QED) is 0.515. The van der Waals surface area contributed by atoms with E-state index < -0.39 is 0 Å². The number of anilines is 1. The molecule has 2 amide bonds. The Balaban J connectivity index is 1.45. The second-order valence-electron chi connectivity index (χ2n) is 10.8. The molecular weight excluding hydrogens is 464 g/mol. The van der Waals surface area contributed by atoms with E-state index in [0.717, 1.165) is 67.5 Å². The van der Waals surface area contributed by atoms with Crippen molar-refractivity contribution in [2.45, 2.75) is 71.4 Å². The maximum Gasteiger partial charge on any atom is 0.252 e. The largest absolute Gasteiger partial charge is 0.368 e. The topological polar surface area (TPSA) is 66.0 Å². The minimum atomic E-state index is -0.335. The number of hydrogen-bond donors (Lipinski definition) is 0. The molecule has 2 fully saturated rings. The number of ether oxygens (including phenoxy) is 1. The molecule has 1 atom stereocenters. The van der Waals surface area contributed by atoms with Gasteiger partial charge in [0, 0.05) is 63.7 Å². The summed E-state index contributed by atoms with van der Waals surface area (Å²) in [6.07, 6.45) is 9.51. The Hall–Kier alpha value is -2.93. The average Bonchev–Trinajstić information content (AvgIpc) is 3.46. The Morgan fingerprint density at radius 1 is 1.11 bits per heavy atom. The smallest absolute Gasteiger partial charge is 0.252 e. The molecule has 2 aliphatic heterocycles. The van der Waals surface area contributed by atoms with Gasteiger partial charge in [0.1, 0.15) is 11.9 Å². The molecular formula is C30H40N4O3. The van der Waals surface area contributed by atoms with Crippen LogP contribution in [0.2, 0.25) is 0 Å². The van der Waals surface area contributed by atoms with Crippen molar-refractivity contribution in [3.63, 3.8) is 0 Å². The Bertz CT molecular complexity index is 1160. The molecule has 0 spiro atoms. The fourth-order valence-corrected chi connectivity index (χ4v) is 5.81. The van der Waals surface area contributed by atoms with E-state index >= 15 is 0 Å². The summed E-state index contributed by atoms with van der Waals surface area (Å²) in [6, 6.07) is 8.56. The SMILES string of the molecule is CC(=O)N1CCN(c2nc3ccc(C)cc3cc2CN(CCC2=CCCCC2)C(=O)C2CCCO2)CC1. The van der Waals surface area contributed by atoms with E-state index in [0.29, 0.717) is 32.8 Å². The Labute approximate surface area is 220 Å². The van der Waals surface area contributed by atoms with Crippen molar-refractivity contribution in [1.82, 2.24) is 14.8 Å². The third-order valence-corrected chi connectivity index (χ3v) is 8.02. The molecule has 0 radical (unpaired) electrons. The fraction of sp³-hybridized carbons (Fsp3) is 0.567. The summed E-state index contributed by atoms with van der Waals surface area (Å²) in [4.78, 5) is 36.8. The second kappa shape index (κ2) is 11.6. The van der Waals surface area contributed by atoms with Crippen molar-refractivity contribution in [3.05, 3.63) is 47.0 Å². The molecule has 7 nitrogen and oxygen atoms in total. The van der Waals surface area contributed by atoms with Crippen molar-refractivity contribution in [2.24, 2.45) is 0 Å². The number of nitrogens with zero attached hydrogens (tertiary/aromatic N) is 4. The molecule has 3 aliphatic rings. The predicted octanol–water partition coefficient (Wildman–Crippen LogP) is 4.61. The minimum absolute atomic E-state index is 0.102. The van der Waals surface area contributed by atoms with Gasteiger partial charge < -0.3 is 19.4 Å². The van der Waals surface area contributed by atoms with Crippen molar-refractivity contribution >= 4 is 28.5 Å². The van der Waals surface area contributed by atoms with E-state index in [1.807, 2.05) is 9.80 Å². The molecule has 3 heterocycles. The molecule has 2 saturated heterocycles. The zero-order valence-corrected chi connectivity index (χ0v) is 22.4. The van der Waals surface area contributed by atoms with Crippen molar-refractivity contribution in [2.75, 3.05) is 44.2 Å². The van der Waals surface area contributed by atoms with Crippen LogP contribution in [0.1, 0.15) is 63.0 Å². The third-order valence-electron chi connectivity index (χ3n) is 8.02. The summed E-state index contributed by atoms with van der Waals surface area (Å²) in [6.45, 7) is 8.47. The van der Waals surface area contributed by atoms with Crippen LogP contribution in [0.15, 0.2) is 35.9 Å². The van der Waals surface area contributed by atoms with Crippen LogP contribution >= 0.6 is 0 Å². The van der Waals surface area contributed by atoms with Gasteiger partial charge >= 0.3 is 0 Å². The highest BCUT2D eigenvalue weighted by molar-refractivity contribution is 5.84. The van der Waals surface area contributed by atoms with Crippen molar-refractivity contribution in [3.8, 4) is 0 Å². The standard InChI is InChI=1S/C30H40N4O3/c1-22-10-11-27-25(19-22)20-26(29(31-27)33-16-14-32(15-17-33)23(2)35)21-34(30(36)28-9-6-18-37-28)13-12-24-7-4-3-5-8-24/h7,10-11,19-20,28H,3-6,8-9,12-18,21H2,1-2H3. The van der Waals surface area contributed by atoms with Gasteiger partial charge in [-0.15, -0.1) is 0 Å². The number of aryl methyl sites for hydroxylation is 1. The monoisotopic (exact) mass is 504 g/mol. The molecule has 5 rings (SSSR count). The van der Waals surface area contributed by atoms with E-state index in [1.165, 1.54) is 24.0 Å². The number of benzene rings is 1. The predicted molar refractivity (Wildman–Crippen MR) is 147 cm³/mol. The zero-order chi connectivity index (χ0) is 25.8. The number of piperazine rings is 1. The minimum Gasteiger partial charge on any atom is -0.368 e. The first kappa shape index (κ1) is 25.7. The first-order chi connectivity index (χ1) is 18.0. The molecule has 0 saturated carbocycles. The number of hydrogen-bond acceptors (Lipinski definition) is 5. The van der Waals surface area contributed by atoms with Crippen molar-refractivity contribution < 1.29 is 14.3 Å². The fourth-order valence-electron chi connectivity index (χ4n) is 5.81. The van der Waals surface area contributed by atoms with Crippen LogP contribution < -0.4 is 4.90 Å². The number of amides is 2. The molecule has 7 heteroatoms. The van der Waals surface area contributed by atoms with Gasteiger partial charge in [0.25, 0.3) is 5.91 Å². The van der Waals surface area contributed by atoms with E-state index in [4.69, 9.17) is 9.72 Å². The van der Waals surface area contributed by atoms with E-state index in [9.17, 15) is 9.59 Å². The van der Waals surface area contributed by atoms with Crippen LogP contribution in [-0.2, 0) is 20.9 Å². The molecule has 1 unspecified atom stereocenters. The maximum atomic E-state index is 13.6. The zero-order valence-electron chi connectivity index (χ0n) is 22.4. The average molecular weight is 505 g/mol. The first-order valence-electron chi connectivity index (χ1n) is 14.0. The molecule has 0 bridgehead atoms. The number of carbonyl (C=O) groups is 2. The number of fused-ring (bicyclic) bond motifs is 1. The van der Waals surface area contributed by atoms with Gasteiger partial charge in [-0.05, 0) is 70.1 Å². The van der Waals surface area contributed by atoms with Gasteiger partial charge in [-0.2, -0.15) is 0 Å². The molecule has 1 aromatic carbocycles. The lowest BCUT2D eigenvalue weighted by Gasteiger charge is -2.36. The second-order valence-corrected chi connectivity index (χ2v) is 10.8. The molecule has 2 aromatic rings. The maximum absolute atomic E-state index is 13.6. The Morgan fingerprint density at radius 2 is 1.95 bits per heavy atom. The lowest BCUT2D eigenvalue weighted by atomic mass is 9.97. The lowest BCUT2D eigenvalue weighted by molar-refractivity contribution is -0.141. The van der Waals surface area contributed by atoms with Gasteiger partial charge in [-0.3, -0.25) is 9.59 Å². The van der Waals surface area contributed by atoms with E-state index in [1.54, 1.807) is 6.92 Å². The highest BCUT2D eigenvalue weighted by Crippen LogP contribution is 2.29. The summed E-state index contributed by atoms with van der Waals surface area (Å²) in [7, 11) is 0. The van der Waals surface area contributed by atoms with Crippen LogP contribution in [0.25, 0.3) is 10.9 Å². The number of carbonyl (C=O) groups excluding carboxylic acids is 2. The molecule has 198 valence electrons. The summed E-state index contributed by atoms with van der Waals surface area (Å²) >= 11 is 0. The van der Waals surface area contributed by atoms with Crippen LogP contribution in [0.4, 0.5) is 5.82 Å². The lowest BCUT2D eigenvalue weighted by Crippen LogP contribution is -2.48. The van der Waals surface area contributed by atoms with Gasteiger partial charge in [0.2, 0.25) is 5.91 Å². The normalized spacial score (nSPS) is 20.3. The van der Waals surface area contributed by atoms with Gasteiger partial charge in [0.15, 0.2) is 0 Å². The number of rotatable bonds is 7. The van der Waals surface area contributed by atoms with Gasteiger partial charge in [-0.1, -0.05) is 23.3 Å². The third kappa shape index (κ3) is 6.15. The Kier molecular flexibility index (Phi) is 8.08. The van der Waals surface area contributed by atoms with E-state index in [-0.39, 0.29) is 17.9 Å². The van der Waals surface area contributed by atoms with E-state index in [2.05, 4.69) is 42.2 Å². The van der Waals surface area contributed by atoms with Crippen LogP contribution in [0.3, 0.4) is 0 Å². The highest BCUT2D eigenvalue weighted by Gasteiger charge is 2.30. The summed E-state index contributed by atoms with van der Waals surface area (Å²) in [5.41, 5.74) is 4.70. The molecule has 1 aliphatic carbocycles. The summed E-state index contributed by atoms with van der Waals surface area (Å²) in [5.74, 6) is 1.15. The van der Waals surface area contributed by atoms with Crippen LogP contribution in [-0.4, -0.2) is 72.0 Å². The molecule has 37 heavy (non-hydrogen) atoms. The van der Waals surface area contributed by atoms with Gasteiger partial charge in [0.05, 0.1) is 5.52 Å². The number of pyridine rings is 1. The Morgan fingerprint density at radius 3 is 2.65 bits per heavy atom. The van der Waals surface area contributed by atoms with Crippen LogP contribution in [0.5, 0.6) is 0 Å². The highest BCUT2D eigenvalue weighted by atomic mass is 16.5. The summed E-state index contributed by atoms with van der Waals surface area (Å²) in [5, 5.41) is 1.10. The van der Waals surface area contributed by atoms with Gasteiger partial charge in [-0.25, -0.2) is 4.98 Å². The number of aromatic nitrogens is 1. The molecule has 0 N–H and O–H groups in total. The first-order valence-corrected chi connectivity index (χ1v) is 14.0. The van der Waals surface area contributed by atoms with Crippen molar-refractivity contribution in [1.29, 1.82) is 0 Å². The van der Waals surface area contributed by atoms with Crippen LogP contribution in [0, 0.1) is 6.92 Å². The molecule has 1 aromatic heterocycles. The summed E-state index contributed by atoms with van der Waals surface area (Å²) < 4.78 is 5.82. The number of allylic oxidation sites excluding steroid dienone is 1.